The summed E-state index contributed by atoms with van der Waals surface area (Å²) in [4.78, 5) is 12.6. The van der Waals surface area contributed by atoms with Crippen molar-refractivity contribution in [2.45, 2.75) is 37.0 Å². The second kappa shape index (κ2) is 9.89. The average molecular weight is 417 g/mol. The predicted octanol–water partition coefficient (Wildman–Crippen LogP) is 3.23. The molecule has 1 aliphatic rings. The van der Waals surface area contributed by atoms with E-state index in [1.807, 2.05) is 24.3 Å². The number of nitrogens with zero attached hydrogens (tertiary/aromatic N) is 1. The zero-order valence-corrected chi connectivity index (χ0v) is 17.6. The maximum atomic E-state index is 12.8. The topological polar surface area (TPSA) is 75.7 Å². The quantitative estimate of drug-likeness (QED) is 0.752. The van der Waals surface area contributed by atoms with Crippen LogP contribution in [0.3, 0.4) is 0 Å². The van der Waals surface area contributed by atoms with E-state index < -0.39 is 10.0 Å². The molecule has 0 atom stereocenters. The van der Waals surface area contributed by atoms with Crippen molar-refractivity contribution in [1.29, 1.82) is 0 Å². The number of carbonyl (C=O) groups excluding carboxylic acids is 1. The molecule has 29 heavy (non-hydrogen) atoms. The van der Waals surface area contributed by atoms with Crippen LogP contribution in [-0.4, -0.2) is 45.4 Å². The highest BCUT2D eigenvalue weighted by Gasteiger charge is 2.25. The number of ether oxygens (including phenoxy) is 1. The van der Waals surface area contributed by atoms with Gasteiger partial charge in [0.05, 0.1) is 12.0 Å². The molecule has 156 valence electrons. The monoisotopic (exact) mass is 416 g/mol. The third kappa shape index (κ3) is 5.58. The van der Waals surface area contributed by atoms with Gasteiger partial charge in [0.2, 0.25) is 10.0 Å². The summed E-state index contributed by atoms with van der Waals surface area (Å²) in [5, 5.41) is 2.88. The lowest BCUT2D eigenvalue weighted by Gasteiger charge is -2.20. The number of methoxy groups -OCH3 is 1. The first-order valence-electron chi connectivity index (χ1n) is 10.0. The summed E-state index contributed by atoms with van der Waals surface area (Å²) in [5.41, 5.74) is 1.56. The van der Waals surface area contributed by atoms with Crippen molar-refractivity contribution in [3.63, 3.8) is 0 Å². The minimum atomic E-state index is -3.50. The maximum absolute atomic E-state index is 12.8. The van der Waals surface area contributed by atoms with Gasteiger partial charge in [-0.3, -0.25) is 4.79 Å². The van der Waals surface area contributed by atoms with Gasteiger partial charge < -0.3 is 10.1 Å². The smallest absolute Gasteiger partial charge is 0.251 e. The second-order valence-electron chi connectivity index (χ2n) is 7.20. The highest BCUT2D eigenvalue weighted by atomic mass is 32.2. The van der Waals surface area contributed by atoms with Crippen molar-refractivity contribution in [3.05, 3.63) is 59.7 Å². The summed E-state index contributed by atoms with van der Waals surface area (Å²) in [7, 11) is -1.87. The summed E-state index contributed by atoms with van der Waals surface area (Å²) >= 11 is 0. The largest absolute Gasteiger partial charge is 0.497 e. The van der Waals surface area contributed by atoms with E-state index in [1.165, 1.54) is 12.1 Å². The van der Waals surface area contributed by atoms with Crippen LogP contribution in [0.1, 0.15) is 41.6 Å². The van der Waals surface area contributed by atoms with Gasteiger partial charge in [0.15, 0.2) is 0 Å². The van der Waals surface area contributed by atoms with Crippen LogP contribution in [-0.2, 0) is 16.4 Å². The van der Waals surface area contributed by atoms with Crippen LogP contribution < -0.4 is 10.1 Å². The van der Waals surface area contributed by atoms with Gasteiger partial charge in [-0.1, -0.05) is 25.0 Å². The van der Waals surface area contributed by atoms with Crippen LogP contribution in [0.25, 0.3) is 0 Å². The molecule has 1 amide bonds. The van der Waals surface area contributed by atoms with Crippen LogP contribution in [0.4, 0.5) is 0 Å². The normalized spacial score (nSPS) is 15.5. The molecular formula is C22H28N2O4S. The Morgan fingerprint density at radius 1 is 0.966 bits per heavy atom. The van der Waals surface area contributed by atoms with Crippen molar-refractivity contribution >= 4 is 15.9 Å². The third-order valence-corrected chi connectivity index (χ3v) is 7.09. The van der Waals surface area contributed by atoms with Crippen LogP contribution in [0.5, 0.6) is 5.75 Å². The van der Waals surface area contributed by atoms with E-state index in [-0.39, 0.29) is 10.8 Å². The van der Waals surface area contributed by atoms with Gasteiger partial charge in [-0.05, 0) is 61.2 Å². The lowest BCUT2D eigenvalue weighted by atomic mass is 10.1. The second-order valence-corrected chi connectivity index (χ2v) is 9.13. The first-order valence-corrected chi connectivity index (χ1v) is 11.5. The number of nitrogens with one attached hydrogen (secondary N) is 1. The molecular weight excluding hydrogens is 388 g/mol. The summed E-state index contributed by atoms with van der Waals surface area (Å²) in [6.07, 6.45) is 4.64. The molecule has 1 N–H and O–H groups in total. The zero-order chi connectivity index (χ0) is 20.7. The number of rotatable bonds is 7. The van der Waals surface area contributed by atoms with Gasteiger partial charge in [0.1, 0.15) is 5.75 Å². The fourth-order valence-electron chi connectivity index (χ4n) is 3.42. The number of hydrogen-bond donors (Lipinski definition) is 1. The minimum absolute atomic E-state index is 0.211. The molecule has 1 aliphatic heterocycles. The molecule has 0 saturated carbocycles. The zero-order valence-electron chi connectivity index (χ0n) is 16.8. The fraction of sp³-hybridized carbons (Fsp3) is 0.409. The molecule has 2 aromatic carbocycles. The number of carbonyl (C=O) groups is 1. The van der Waals surface area contributed by atoms with Crippen molar-refractivity contribution in [2.75, 3.05) is 26.7 Å². The number of sulfonamides is 1. The molecule has 0 spiro atoms. The Balaban J connectivity index is 1.56. The fourth-order valence-corrected chi connectivity index (χ4v) is 4.94. The summed E-state index contributed by atoms with van der Waals surface area (Å²) in [6, 6.07) is 13.9. The van der Waals surface area contributed by atoms with E-state index in [0.717, 1.165) is 37.0 Å². The molecule has 3 rings (SSSR count). The van der Waals surface area contributed by atoms with Gasteiger partial charge in [0, 0.05) is 25.2 Å². The first-order chi connectivity index (χ1) is 14.0. The van der Waals surface area contributed by atoms with Crippen molar-refractivity contribution in [2.24, 2.45) is 0 Å². The Hall–Kier alpha value is -2.38. The predicted molar refractivity (Wildman–Crippen MR) is 113 cm³/mol. The minimum Gasteiger partial charge on any atom is -0.497 e. The van der Waals surface area contributed by atoms with Gasteiger partial charge >= 0.3 is 0 Å². The van der Waals surface area contributed by atoms with Crippen LogP contribution in [0.15, 0.2) is 53.4 Å². The van der Waals surface area contributed by atoms with Gasteiger partial charge in [0.25, 0.3) is 5.91 Å². The van der Waals surface area contributed by atoms with E-state index in [9.17, 15) is 13.2 Å². The van der Waals surface area contributed by atoms with E-state index in [0.29, 0.717) is 31.6 Å². The van der Waals surface area contributed by atoms with Crippen LogP contribution in [0.2, 0.25) is 0 Å². The summed E-state index contributed by atoms with van der Waals surface area (Å²) < 4.78 is 32.3. The Labute approximate surface area is 172 Å². The van der Waals surface area contributed by atoms with Crippen LogP contribution in [0, 0.1) is 0 Å². The SMILES string of the molecule is COc1ccc(CCNC(=O)c2ccc(S(=O)(=O)N3CCCCCC3)cc2)cc1. The Bertz CT molecular complexity index is 901. The summed E-state index contributed by atoms with van der Waals surface area (Å²) in [6.45, 7) is 1.63. The highest BCUT2D eigenvalue weighted by molar-refractivity contribution is 7.89. The molecule has 0 unspecified atom stereocenters. The maximum Gasteiger partial charge on any atom is 0.251 e. The number of amides is 1. The standard InChI is InChI=1S/C22H28N2O4S/c1-28-20-10-6-18(7-11-20)14-15-23-22(25)19-8-12-21(13-9-19)29(26,27)24-16-4-2-3-5-17-24/h6-13H,2-5,14-17H2,1H3,(H,23,25). The Kier molecular flexibility index (Phi) is 7.28. The molecule has 0 aromatic heterocycles. The van der Waals surface area contributed by atoms with E-state index in [1.54, 1.807) is 23.5 Å². The van der Waals surface area contributed by atoms with E-state index in [4.69, 9.17) is 4.74 Å². The van der Waals surface area contributed by atoms with Crippen molar-refractivity contribution < 1.29 is 17.9 Å². The lowest BCUT2D eigenvalue weighted by molar-refractivity contribution is 0.0954. The van der Waals surface area contributed by atoms with Crippen molar-refractivity contribution in [1.82, 2.24) is 9.62 Å². The summed E-state index contributed by atoms with van der Waals surface area (Å²) in [5.74, 6) is 0.588. The third-order valence-electron chi connectivity index (χ3n) is 5.18. The molecule has 0 radical (unpaired) electrons. The first kappa shape index (κ1) is 21.3. The Morgan fingerprint density at radius 2 is 1.59 bits per heavy atom. The highest BCUT2D eigenvalue weighted by Crippen LogP contribution is 2.20. The molecule has 0 bridgehead atoms. The van der Waals surface area contributed by atoms with Crippen LogP contribution >= 0.6 is 0 Å². The molecule has 0 aliphatic carbocycles. The van der Waals surface area contributed by atoms with E-state index >= 15 is 0 Å². The molecule has 1 fully saturated rings. The van der Waals surface area contributed by atoms with E-state index in [2.05, 4.69) is 5.32 Å². The molecule has 1 heterocycles. The van der Waals surface area contributed by atoms with Crippen molar-refractivity contribution in [3.8, 4) is 5.75 Å². The molecule has 1 saturated heterocycles. The molecule has 2 aromatic rings. The molecule has 6 nitrogen and oxygen atoms in total. The van der Waals surface area contributed by atoms with Gasteiger partial charge in [-0.25, -0.2) is 8.42 Å². The lowest BCUT2D eigenvalue weighted by Crippen LogP contribution is -2.32. The average Bonchev–Trinajstić information content (AvgIpc) is 3.04. The molecule has 7 heteroatoms. The van der Waals surface area contributed by atoms with Gasteiger partial charge in [-0.2, -0.15) is 4.31 Å². The van der Waals surface area contributed by atoms with Gasteiger partial charge in [-0.15, -0.1) is 0 Å². The number of hydrogen-bond acceptors (Lipinski definition) is 4. The number of benzene rings is 2. The Morgan fingerprint density at radius 3 is 2.17 bits per heavy atom.